The van der Waals surface area contributed by atoms with Crippen molar-refractivity contribution >= 4 is 0 Å². The zero-order chi connectivity index (χ0) is 26.9. The van der Waals surface area contributed by atoms with Crippen LogP contribution in [0.15, 0.2) is 48.5 Å². The molecule has 6 atom stereocenters. The van der Waals surface area contributed by atoms with Crippen LogP contribution < -0.4 is 9.47 Å². The fourth-order valence-electron chi connectivity index (χ4n) is 12.4. The van der Waals surface area contributed by atoms with Gasteiger partial charge in [0.05, 0.1) is 0 Å². The zero-order valence-corrected chi connectivity index (χ0v) is 23.7. The van der Waals surface area contributed by atoms with E-state index < -0.39 is 0 Å². The van der Waals surface area contributed by atoms with Crippen molar-refractivity contribution in [3.05, 3.63) is 59.7 Å². The first kappa shape index (κ1) is 24.9. The number of hydrogen-bond donors (Lipinski definition) is 0. The van der Waals surface area contributed by atoms with Gasteiger partial charge in [-0.15, -0.1) is 12.8 Å². The van der Waals surface area contributed by atoms with E-state index in [4.69, 9.17) is 22.3 Å². The highest BCUT2D eigenvalue weighted by Crippen LogP contribution is 2.80. The molecular formula is C38H42O2. The number of benzene rings is 2. The van der Waals surface area contributed by atoms with Gasteiger partial charge in [-0.1, -0.05) is 36.1 Å². The molecule has 2 nitrogen and oxygen atoms in total. The minimum atomic E-state index is 0.326. The molecule has 0 N–H and O–H groups in total. The molecule has 2 heteroatoms. The van der Waals surface area contributed by atoms with Crippen LogP contribution in [-0.4, -0.2) is 13.2 Å². The van der Waals surface area contributed by atoms with Crippen molar-refractivity contribution in [1.29, 1.82) is 0 Å². The number of hydrogen-bond acceptors (Lipinski definition) is 2. The second-order valence-corrected chi connectivity index (χ2v) is 14.7. The molecule has 0 saturated heterocycles. The molecule has 0 amide bonds. The third kappa shape index (κ3) is 3.71. The summed E-state index contributed by atoms with van der Waals surface area (Å²) in [7, 11) is 0. The predicted molar refractivity (Wildman–Crippen MR) is 159 cm³/mol. The minimum Gasteiger partial charge on any atom is -0.481 e. The van der Waals surface area contributed by atoms with Crippen LogP contribution in [0.2, 0.25) is 0 Å². The maximum absolute atomic E-state index is 5.81. The fraction of sp³-hybridized carbons (Fsp3) is 0.579. The molecule has 8 aliphatic carbocycles. The molecule has 2 aromatic carbocycles. The Balaban J connectivity index is 1.21. The van der Waals surface area contributed by atoms with E-state index in [-0.39, 0.29) is 0 Å². The van der Waals surface area contributed by atoms with Gasteiger partial charge >= 0.3 is 0 Å². The van der Waals surface area contributed by atoms with E-state index in [9.17, 15) is 0 Å². The lowest BCUT2D eigenvalue weighted by Crippen LogP contribution is -2.64. The highest BCUT2D eigenvalue weighted by molar-refractivity contribution is 5.39. The summed E-state index contributed by atoms with van der Waals surface area (Å²) in [5, 5.41) is 0. The van der Waals surface area contributed by atoms with Crippen molar-refractivity contribution in [2.75, 3.05) is 13.2 Å². The van der Waals surface area contributed by atoms with Gasteiger partial charge in [0.25, 0.3) is 0 Å². The molecule has 8 fully saturated rings. The van der Waals surface area contributed by atoms with Gasteiger partial charge in [0.1, 0.15) is 24.7 Å². The van der Waals surface area contributed by atoms with Crippen molar-refractivity contribution in [1.82, 2.24) is 0 Å². The fourth-order valence-corrected chi connectivity index (χ4v) is 12.4. The summed E-state index contributed by atoms with van der Waals surface area (Å²) >= 11 is 0. The Morgan fingerprint density at radius 2 is 1.15 bits per heavy atom. The first-order valence-electron chi connectivity index (χ1n) is 15.9. The van der Waals surface area contributed by atoms with E-state index in [2.05, 4.69) is 60.4 Å². The number of ether oxygens (including phenoxy) is 2. The lowest BCUT2D eigenvalue weighted by molar-refractivity contribution is -0.217. The molecule has 40 heavy (non-hydrogen) atoms. The van der Waals surface area contributed by atoms with Crippen LogP contribution in [0.5, 0.6) is 11.5 Å². The van der Waals surface area contributed by atoms with Crippen LogP contribution in [0.3, 0.4) is 0 Å². The van der Waals surface area contributed by atoms with E-state index in [1.165, 1.54) is 69.8 Å². The Morgan fingerprint density at radius 3 is 1.70 bits per heavy atom. The first-order chi connectivity index (χ1) is 19.6. The molecule has 8 saturated carbocycles. The molecule has 206 valence electrons. The second kappa shape index (κ2) is 9.35. The Bertz CT molecular complexity index is 1300. The molecule has 0 aliphatic heterocycles. The number of rotatable bonds is 7. The standard InChI is InChI=1S/C38H42O2/c1-3-13-39-32-9-5-29(6-10-32)35-31-18-28-19-34(35)36(30-7-11-33(12-8-30)40-14-4-2)38(23-28,24-31)37-20-25-15-26(21-37)17-27(16-25)22-37/h1-2,5-12,25-28,31,34-36H,13-24H2. The lowest BCUT2D eigenvalue weighted by atomic mass is 9.30. The predicted octanol–water partition coefficient (Wildman–Crippen LogP) is 8.23. The van der Waals surface area contributed by atoms with Gasteiger partial charge in [-0.25, -0.2) is 0 Å². The highest BCUT2D eigenvalue weighted by atomic mass is 16.5. The topological polar surface area (TPSA) is 18.5 Å². The van der Waals surface area contributed by atoms with Gasteiger partial charge in [-0.2, -0.15) is 0 Å². The van der Waals surface area contributed by atoms with Crippen LogP contribution in [0.25, 0.3) is 0 Å². The van der Waals surface area contributed by atoms with Crippen molar-refractivity contribution in [3.63, 3.8) is 0 Å². The molecule has 8 bridgehead atoms. The monoisotopic (exact) mass is 530 g/mol. The lowest BCUT2D eigenvalue weighted by Gasteiger charge is -2.74. The maximum Gasteiger partial charge on any atom is 0.148 e. The molecule has 8 aliphatic rings. The summed E-state index contributed by atoms with van der Waals surface area (Å²) in [4.78, 5) is 0. The van der Waals surface area contributed by atoms with Crippen LogP contribution in [-0.2, 0) is 0 Å². The smallest absolute Gasteiger partial charge is 0.148 e. The summed E-state index contributed by atoms with van der Waals surface area (Å²) in [6.07, 6.45) is 25.7. The average molecular weight is 531 g/mol. The summed E-state index contributed by atoms with van der Waals surface area (Å²) in [5.74, 6) is 13.6. The van der Waals surface area contributed by atoms with Crippen molar-refractivity contribution in [2.45, 2.75) is 76.0 Å². The van der Waals surface area contributed by atoms with E-state index in [1.54, 1.807) is 5.56 Å². The summed E-state index contributed by atoms with van der Waals surface area (Å²) in [6.45, 7) is 0.654. The summed E-state index contributed by atoms with van der Waals surface area (Å²) < 4.78 is 11.5. The quantitative estimate of drug-likeness (QED) is 0.336. The van der Waals surface area contributed by atoms with E-state index in [0.717, 1.165) is 41.1 Å². The minimum absolute atomic E-state index is 0.326. The molecular weight excluding hydrogens is 488 g/mol. The molecule has 0 radical (unpaired) electrons. The molecule has 6 unspecified atom stereocenters. The normalized spacial score (nSPS) is 41.9. The first-order valence-corrected chi connectivity index (χ1v) is 15.9. The van der Waals surface area contributed by atoms with Crippen LogP contribution >= 0.6 is 0 Å². The molecule has 0 heterocycles. The third-order valence-corrected chi connectivity index (χ3v) is 12.8. The Kier molecular flexibility index (Phi) is 5.82. The Labute approximate surface area is 240 Å². The van der Waals surface area contributed by atoms with Crippen LogP contribution in [0.1, 0.15) is 87.2 Å². The largest absolute Gasteiger partial charge is 0.481 e. The third-order valence-electron chi connectivity index (χ3n) is 12.8. The molecule has 0 spiro atoms. The summed E-state index contributed by atoms with van der Waals surface area (Å²) in [5.41, 5.74) is 4.08. The van der Waals surface area contributed by atoms with Crippen molar-refractivity contribution in [3.8, 4) is 36.2 Å². The van der Waals surface area contributed by atoms with Crippen LogP contribution in [0, 0.1) is 71.0 Å². The van der Waals surface area contributed by atoms with E-state index in [0.29, 0.717) is 41.8 Å². The van der Waals surface area contributed by atoms with Gasteiger partial charge in [-0.3, -0.25) is 0 Å². The summed E-state index contributed by atoms with van der Waals surface area (Å²) in [6, 6.07) is 18.2. The Hall–Kier alpha value is -2.84. The van der Waals surface area contributed by atoms with Gasteiger partial charge in [0, 0.05) is 0 Å². The molecule has 0 aromatic heterocycles. The van der Waals surface area contributed by atoms with E-state index >= 15 is 0 Å². The number of terminal acetylenes is 2. The van der Waals surface area contributed by atoms with Gasteiger partial charge in [0.2, 0.25) is 0 Å². The van der Waals surface area contributed by atoms with Crippen molar-refractivity contribution in [2.24, 2.45) is 46.3 Å². The SMILES string of the molecule is C#CCOc1ccc(C2C3CC4CC2C(c2ccc(OCC#C)cc2)C(C25CC6CC(CC(C6)C2)C5)(C4)C3)cc1. The van der Waals surface area contributed by atoms with Gasteiger partial charge < -0.3 is 9.47 Å². The molecule has 10 rings (SSSR count). The van der Waals surface area contributed by atoms with Crippen LogP contribution in [0.4, 0.5) is 0 Å². The Morgan fingerprint density at radius 1 is 0.625 bits per heavy atom. The molecule has 2 aromatic rings. The maximum atomic E-state index is 5.81. The highest BCUT2D eigenvalue weighted by Gasteiger charge is 2.70. The van der Waals surface area contributed by atoms with E-state index in [1.807, 2.05) is 0 Å². The van der Waals surface area contributed by atoms with Crippen molar-refractivity contribution < 1.29 is 9.47 Å². The van der Waals surface area contributed by atoms with Gasteiger partial charge in [-0.05, 0) is 158 Å². The average Bonchev–Trinajstić information content (AvgIpc) is 2.95. The second-order valence-electron chi connectivity index (χ2n) is 14.7. The van der Waals surface area contributed by atoms with Gasteiger partial charge in [0.15, 0.2) is 0 Å². The zero-order valence-electron chi connectivity index (χ0n) is 23.7.